The lowest BCUT2D eigenvalue weighted by Crippen LogP contribution is -2.28. The number of aromatic nitrogens is 3. The summed E-state index contributed by atoms with van der Waals surface area (Å²) >= 11 is 0. The Morgan fingerprint density at radius 1 is 1.00 bits per heavy atom. The lowest BCUT2D eigenvalue weighted by atomic mass is 10.0. The summed E-state index contributed by atoms with van der Waals surface area (Å²) in [5.41, 5.74) is 1.44. The summed E-state index contributed by atoms with van der Waals surface area (Å²) in [7, 11) is -4.46. The van der Waals surface area contributed by atoms with E-state index in [2.05, 4.69) is 9.97 Å². The van der Waals surface area contributed by atoms with E-state index in [1.807, 2.05) is 37.3 Å². The molecule has 0 aliphatic rings. The van der Waals surface area contributed by atoms with Crippen molar-refractivity contribution in [3.05, 3.63) is 100 Å². The number of hydrogen-bond donors (Lipinski definition) is 1. The number of halogens is 1. The number of pyridine rings is 1. The van der Waals surface area contributed by atoms with Gasteiger partial charge in [0, 0.05) is 17.9 Å². The van der Waals surface area contributed by atoms with E-state index in [1.165, 1.54) is 22.8 Å². The summed E-state index contributed by atoms with van der Waals surface area (Å²) in [5, 5.41) is 11.3. The van der Waals surface area contributed by atoms with E-state index < -0.39 is 38.2 Å². The zero-order valence-electron chi connectivity index (χ0n) is 21.3. The van der Waals surface area contributed by atoms with Crippen LogP contribution in [0.5, 0.6) is 5.88 Å². The second-order valence-corrected chi connectivity index (χ2v) is 10.5. The third-order valence-corrected chi connectivity index (χ3v) is 8.04. The Morgan fingerprint density at radius 3 is 2.29 bits per heavy atom. The van der Waals surface area contributed by atoms with Crippen molar-refractivity contribution in [2.75, 3.05) is 6.61 Å². The Kier molecular flexibility index (Phi) is 8.03. The summed E-state index contributed by atoms with van der Waals surface area (Å²) < 4.78 is 47.5. The predicted octanol–water partition coefficient (Wildman–Crippen LogP) is 4.83. The first-order valence-electron chi connectivity index (χ1n) is 12.1. The van der Waals surface area contributed by atoms with Crippen LogP contribution in [0, 0.1) is 12.9 Å². The van der Waals surface area contributed by atoms with Crippen LogP contribution < -0.4 is 5.56 Å². The molecule has 4 rings (SSSR count). The van der Waals surface area contributed by atoms with Gasteiger partial charge >= 0.3 is 0 Å². The molecule has 2 aromatic heterocycles. The third kappa shape index (κ3) is 5.23. The SMILES string of the molecule is CCOCc1nc(=O)c(S(=O)(=O)c2ccc(-c3ccc(F)nc3C)cc2)c(O)n1[C@@H](CC)c1ccccc1. The minimum atomic E-state index is -4.46. The fourth-order valence-corrected chi connectivity index (χ4v) is 5.76. The largest absolute Gasteiger partial charge is 0.493 e. The number of benzene rings is 2. The van der Waals surface area contributed by atoms with E-state index in [-0.39, 0.29) is 17.3 Å². The van der Waals surface area contributed by atoms with Gasteiger partial charge in [-0.05, 0) is 55.7 Å². The minimum absolute atomic E-state index is 0.0806. The Labute approximate surface area is 220 Å². The lowest BCUT2D eigenvalue weighted by molar-refractivity contribution is 0.121. The number of ether oxygens (including phenoxy) is 1. The van der Waals surface area contributed by atoms with Crippen LogP contribution in [0.3, 0.4) is 0 Å². The number of rotatable bonds is 9. The molecule has 0 saturated heterocycles. The van der Waals surface area contributed by atoms with Crippen molar-refractivity contribution in [2.45, 2.75) is 49.6 Å². The number of nitrogens with zero attached hydrogens (tertiary/aromatic N) is 3. The first-order chi connectivity index (χ1) is 18.2. The molecule has 0 aliphatic heterocycles. The molecule has 2 heterocycles. The van der Waals surface area contributed by atoms with Gasteiger partial charge in [-0.3, -0.25) is 9.36 Å². The zero-order valence-corrected chi connectivity index (χ0v) is 22.1. The van der Waals surface area contributed by atoms with Crippen LogP contribution >= 0.6 is 0 Å². The zero-order chi connectivity index (χ0) is 27.4. The smallest absolute Gasteiger partial charge is 0.296 e. The Balaban J connectivity index is 1.85. The van der Waals surface area contributed by atoms with Gasteiger partial charge in [-0.2, -0.15) is 9.37 Å². The van der Waals surface area contributed by atoms with Crippen molar-refractivity contribution in [1.29, 1.82) is 0 Å². The van der Waals surface area contributed by atoms with Crippen molar-refractivity contribution in [3.63, 3.8) is 0 Å². The second-order valence-electron chi connectivity index (χ2n) is 8.62. The number of aryl methyl sites for hydroxylation is 1. The molecular weight excluding hydrogens is 509 g/mol. The predicted molar refractivity (Wildman–Crippen MR) is 140 cm³/mol. The molecule has 1 N–H and O–H groups in total. The molecule has 10 heteroatoms. The highest BCUT2D eigenvalue weighted by Crippen LogP contribution is 2.34. The van der Waals surface area contributed by atoms with E-state index >= 15 is 0 Å². The molecule has 2 aromatic carbocycles. The van der Waals surface area contributed by atoms with Crippen LogP contribution in [0.15, 0.2) is 81.3 Å². The molecule has 0 radical (unpaired) electrons. The van der Waals surface area contributed by atoms with Gasteiger partial charge in [0.25, 0.3) is 5.56 Å². The van der Waals surface area contributed by atoms with E-state index in [0.717, 1.165) is 5.56 Å². The van der Waals surface area contributed by atoms with E-state index in [9.17, 15) is 22.7 Å². The van der Waals surface area contributed by atoms with Gasteiger partial charge in [0.2, 0.25) is 21.7 Å². The second kappa shape index (κ2) is 11.2. The number of aromatic hydroxyl groups is 1. The maximum absolute atomic E-state index is 13.7. The first-order valence-corrected chi connectivity index (χ1v) is 13.6. The van der Waals surface area contributed by atoms with Gasteiger partial charge in [-0.25, -0.2) is 13.4 Å². The van der Waals surface area contributed by atoms with Crippen molar-refractivity contribution >= 4 is 9.84 Å². The molecule has 0 saturated carbocycles. The molecule has 0 aliphatic carbocycles. The van der Waals surface area contributed by atoms with Crippen LogP contribution in [-0.2, 0) is 21.2 Å². The highest BCUT2D eigenvalue weighted by atomic mass is 32.2. The van der Waals surface area contributed by atoms with E-state index in [4.69, 9.17) is 4.74 Å². The number of sulfone groups is 1. The van der Waals surface area contributed by atoms with Gasteiger partial charge < -0.3 is 9.84 Å². The van der Waals surface area contributed by atoms with Crippen LogP contribution in [0.1, 0.15) is 43.4 Å². The molecule has 0 amide bonds. The normalized spacial score (nSPS) is 12.4. The van der Waals surface area contributed by atoms with Crippen LogP contribution in [0.4, 0.5) is 4.39 Å². The molecule has 198 valence electrons. The van der Waals surface area contributed by atoms with E-state index in [1.54, 1.807) is 32.0 Å². The van der Waals surface area contributed by atoms with Crippen LogP contribution in [-0.4, -0.2) is 34.7 Å². The third-order valence-electron chi connectivity index (χ3n) is 6.25. The Bertz CT molecular complexity index is 1600. The molecule has 0 bridgehead atoms. The molecule has 0 spiro atoms. The van der Waals surface area contributed by atoms with E-state index in [0.29, 0.717) is 29.8 Å². The van der Waals surface area contributed by atoms with Crippen molar-refractivity contribution < 1.29 is 22.7 Å². The molecule has 8 nitrogen and oxygen atoms in total. The quantitative estimate of drug-likeness (QED) is 0.305. The molecule has 0 fully saturated rings. The molecule has 0 unspecified atom stereocenters. The Hall–Kier alpha value is -3.89. The maximum atomic E-state index is 13.7. The Morgan fingerprint density at radius 2 is 1.68 bits per heavy atom. The summed E-state index contributed by atoms with van der Waals surface area (Å²) in [6, 6.07) is 17.3. The molecule has 38 heavy (non-hydrogen) atoms. The standard InChI is InChI=1S/C28H28FN3O5S/c1-4-23(20-9-7-6-8-10-20)32-25(17-37-5-2)31-27(33)26(28(32)34)38(35,36)21-13-11-19(12-14-21)22-15-16-24(29)30-18(22)3/h6-16,23,34H,4-5,17H2,1-3H3/t23-/m0/s1. The van der Waals surface area contributed by atoms with Gasteiger partial charge in [0.15, 0.2) is 4.90 Å². The fourth-order valence-electron chi connectivity index (χ4n) is 4.42. The van der Waals surface area contributed by atoms with Crippen molar-refractivity contribution in [1.82, 2.24) is 14.5 Å². The molecule has 1 atom stereocenters. The minimum Gasteiger partial charge on any atom is -0.493 e. The summed E-state index contributed by atoms with van der Waals surface area (Å²) in [5.74, 6) is -1.19. The lowest BCUT2D eigenvalue weighted by Gasteiger charge is -2.25. The van der Waals surface area contributed by atoms with Gasteiger partial charge in [-0.15, -0.1) is 0 Å². The van der Waals surface area contributed by atoms with Crippen molar-refractivity contribution in [3.8, 4) is 17.0 Å². The molecular formula is C28H28FN3O5S. The van der Waals surface area contributed by atoms with Gasteiger partial charge in [0.1, 0.15) is 12.4 Å². The summed E-state index contributed by atoms with van der Waals surface area (Å²) in [6.45, 7) is 5.58. The molecule has 4 aromatic rings. The summed E-state index contributed by atoms with van der Waals surface area (Å²) in [6.07, 6.45) is 0.487. The average Bonchev–Trinajstić information content (AvgIpc) is 2.90. The number of hydrogen-bond acceptors (Lipinski definition) is 7. The van der Waals surface area contributed by atoms with Gasteiger partial charge in [0.05, 0.1) is 10.9 Å². The monoisotopic (exact) mass is 537 g/mol. The van der Waals surface area contributed by atoms with Gasteiger partial charge in [-0.1, -0.05) is 49.4 Å². The highest BCUT2D eigenvalue weighted by Gasteiger charge is 2.32. The van der Waals surface area contributed by atoms with Crippen molar-refractivity contribution in [2.24, 2.45) is 0 Å². The summed E-state index contributed by atoms with van der Waals surface area (Å²) in [4.78, 5) is 19.9. The fraction of sp³-hybridized carbons (Fsp3) is 0.250. The van der Waals surface area contributed by atoms with Crippen LogP contribution in [0.2, 0.25) is 0 Å². The average molecular weight is 538 g/mol. The van der Waals surface area contributed by atoms with Crippen LogP contribution in [0.25, 0.3) is 11.1 Å². The topological polar surface area (TPSA) is 111 Å². The maximum Gasteiger partial charge on any atom is 0.296 e. The first kappa shape index (κ1) is 27.2. The highest BCUT2D eigenvalue weighted by molar-refractivity contribution is 7.91.